The van der Waals surface area contributed by atoms with Crippen molar-refractivity contribution in [1.82, 2.24) is 9.55 Å². The van der Waals surface area contributed by atoms with Crippen LogP contribution in [-0.4, -0.2) is 9.55 Å². The van der Waals surface area contributed by atoms with Crippen molar-refractivity contribution in [2.45, 2.75) is 6.92 Å². The first-order valence-corrected chi connectivity index (χ1v) is 9.19. The Kier molecular flexibility index (Phi) is 3.76. The first-order chi connectivity index (χ1) is 13.7. The molecule has 0 bridgehead atoms. The van der Waals surface area contributed by atoms with Crippen LogP contribution in [0.4, 0.5) is 5.69 Å². The summed E-state index contributed by atoms with van der Waals surface area (Å²) in [5, 5.41) is 2.36. The quantitative estimate of drug-likeness (QED) is 0.407. The normalized spacial score (nSPS) is 11.2. The molecule has 0 saturated carbocycles. The maximum absolute atomic E-state index is 6.06. The first kappa shape index (κ1) is 16.4. The SMILES string of the molecule is Cc1ccnc(-n2c3ccccc3c3ccc(Oc4cccc(N)c4)cc32)c1. The Bertz CT molecular complexity index is 1320. The predicted molar refractivity (Wildman–Crippen MR) is 114 cm³/mol. The zero-order valence-electron chi connectivity index (χ0n) is 15.5. The van der Waals surface area contributed by atoms with Gasteiger partial charge in [0.25, 0.3) is 0 Å². The third-order valence-electron chi connectivity index (χ3n) is 4.87. The van der Waals surface area contributed by atoms with Gasteiger partial charge in [-0.15, -0.1) is 0 Å². The van der Waals surface area contributed by atoms with Gasteiger partial charge in [-0.1, -0.05) is 24.3 Å². The topological polar surface area (TPSA) is 53.1 Å². The number of rotatable bonds is 3. The lowest BCUT2D eigenvalue weighted by Crippen LogP contribution is -1.97. The van der Waals surface area contributed by atoms with Crippen LogP contribution in [0.5, 0.6) is 11.5 Å². The Morgan fingerprint density at radius 3 is 2.46 bits per heavy atom. The van der Waals surface area contributed by atoms with Gasteiger partial charge in [0.2, 0.25) is 0 Å². The summed E-state index contributed by atoms with van der Waals surface area (Å²) in [5.74, 6) is 2.37. The highest BCUT2D eigenvalue weighted by Crippen LogP contribution is 2.35. The number of ether oxygens (including phenoxy) is 1. The van der Waals surface area contributed by atoms with Crippen LogP contribution in [0.15, 0.2) is 85.1 Å². The molecule has 0 radical (unpaired) electrons. The van der Waals surface area contributed by atoms with Gasteiger partial charge in [-0.25, -0.2) is 4.98 Å². The van der Waals surface area contributed by atoms with Crippen molar-refractivity contribution in [2.24, 2.45) is 0 Å². The van der Waals surface area contributed by atoms with E-state index in [0.29, 0.717) is 5.69 Å². The average molecular weight is 365 g/mol. The highest BCUT2D eigenvalue weighted by Gasteiger charge is 2.14. The molecule has 0 aliphatic carbocycles. The third kappa shape index (κ3) is 2.76. The van der Waals surface area contributed by atoms with E-state index in [1.54, 1.807) is 0 Å². The lowest BCUT2D eigenvalue weighted by Gasteiger charge is -2.09. The van der Waals surface area contributed by atoms with Crippen molar-refractivity contribution >= 4 is 27.5 Å². The molecular formula is C24H19N3O. The van der Waals surface area contributed by atoms with E-state index in [1.807, 2.05) is 42.6 Å². The zero-order valence-corrected chi connectivity index (χ0v) is 15.5. The van der Waals surface area contributed by atoms with Crippen LogP contribution in [0.25, 0.3) is 27.6 Å². The molecule has 4 heteroatoms. The number of hydrogen-bond acceptors (Lipinski definition) is 3. The summed E-state index contributed by atoms with van der Waals surface area (Å²) >= 11 is 0. The van der Waals surface area contributed by atoms with Gasteiger partial charge in [0.05, 0.1) is 11.0 Å². The van der Waals surface area contributed by atoms with E-state index in [4.69, 9.17) is 10.5 Å². The summed E-state index contributed by atoms with van der Waals surface area (Å²) in [6.07, 6.45) is 1.85. The second-order valence-electron chi connectivity index (χ2n) is 6.90. The summed E-state index contributed by atoms with van der Waals surface area (Å²) < 4.78 is 8.25. The maximum atomic E-state index is 6.06. The molecule has 0 spiro atoms. The Labute approximate surface area is 162 Å². The smallest absolute Gasteiger partial charge is 0.137 e. The fourth-order valence-electron chi connectivity index (χ4n) is 3.62. The van der Waals surface area contributed by atoms with Gasteiger partial charge in [0, 0.05) is 34.8 Å². The van der Waals surface area contributed by atoms with Crippen LogP contribution in [0.3, 0.4) is 0 Å². The number of nitrogens with zero attached hydrogens (tertiary/aromatic N) is 2. The van der Waals surface area contributed by atoms with E-state index in [1.165, 1.54) is 16.3 Å². The molecule has 4 nitrogen and oxygen atoms in total. The number of benzene rings is 3. The number of anilines is 1. The second-order valence-corrected chi connectivity index (χ2v) is 6.90. The summed E-state index contributed by atoms with van der Waals surface area (Å²) in [5.41, 5.74) is 9.90. The van der Waals surface area contributed by atoms with E-state index in [0.717, 1.165) is 28.4 Å². The lowest BCUT2D eigenvalue weighted by molar-refractivity contribution is 0.483. The molecule has 5 aromatic rings. The van der Waals surface area contributed by atoms with Gasteiger partial charge in [-0.3, -0.25) is 4.57 Å². The molecule has 28 heavy (non-hydrogen) atoms. The van der Waals surface area contributed by atoms with Crippen LogP contribution in [0.1, 0.15) is 5.56 Å². The molecule has 2 N–H and O–H groups in total. The van der Waals surface area contributed by atoms with Crippen molar-refractivity contribution in [2.75, 3.05) is 5.73 Å². The first-order valence-electron chi connectivity index (χ1n) is 9.19. The van der Waals surface area contributed by atoms with E-state index in [9.17, 15) is 0 Å². The molecule has 2 heterocycles. The molecule has 0 unspecified atom stereocenters. The molecule has 3 aromatic carbocycles. The van der Waals surface area contributed by atoms with Crippen LogP contribution >= 0.6 is 0 Å². The number of para-hydroxylation sites is 1. The Balaban J connectivity index is 1.73. The minimum atomic E-state index is 0.677. The summed E-state index contributed by atoms with van der Waals surface area (Å²) in [4.78, 5) is 4.61. The Hall–Kier alpha value is -3.79. The molecule has 0 fully saturated rings. The largest absolute Gasteiger partial charge is 0.457 e. The molecule has 2 aromatic heterocycles. The second kappa shape index (κ2) is 6.43. The number of aryl methyl sites for hydroxylation is 1. The van der Waals surface area contributed by atoms with Gasteiger partial charge in [0.1, 0.15) is 17.3 Å². The van der Waals surface area contributed by atoms with Gasteiger partial charge >= 0.3 is 0 Å². The third-order valence-corrected chi connectivity index (χ3v) is 4.87. The molecule has 0 aliphatic heterocycles. The number of nitrogens with two attached hydrogens (primary N) is 1. The predicted octanol–water partition coefficient (Wildman–Crippen LogP) is 5.86. The van der Waals surface area contributed by atoms with Gasteiger partial charge in [-0.05, 0) is 55.0 Å². The van der Waals surface area contributed by atoms with Crippen LogP contribution in [-0.2, 0) is 0 Å². The fraction of sp³-hybridized carbons (Fsp3) is 0.0417. The fourth-order valence-corrected chi connectivity index (χ4v) is 3.62. The van der Waals surface area contributed by atoms with Gasteiger partial charge in [-0.2, -0.15) is 0 Å². The number of nitrogen functional groups attached to an aromatic ring is 1. The molecule has 0 saturated heterocycles. The summed E-state index contributed by atoms with van der Waals surface area (Å²) in [6, 6.07) is 26.1. The molecular weight excluding hydrogens is 346 g/mol. The van der Waals surface area contributed by atoms with E-state index in [-0.39, 0.29) is 0 Å². The van der Waals surface area contributed by atoms with Crippen molar-refractivity contribution in [3.63, 3.8) is 0 Å². The molecule has 0 amide bonds. The number of aromatic nitrogens is 2. The van der Waals surface area contributed by atoms with Crippen molar-refractivity contribution < 1.29 is 4.74 Å². The van der Waals surface area contributed by atoms with Gasteiger partial charge < -0.3 is 10.5 Å². The molecule has 136 valence electrons. The van der Waals surface area contributed by atoms with Crippen LogP contribution in [0.2, 0.25) is 0 Å². The van der Waals surface area contributed by atoms with E-state index < -0.39 is 0 Å². The summed E-state index contributed by atoms with van der Waals surface area (Å²) in [7, 11) is 0. The Morgan fingerprint density at radius 2 is 1.61 bits per heavy atom. The van der Waals surface area contributed by atoms with Crippen LogP contribution in [0, 0.1) is 6.92 Å². The molecule has 5 rings (SSSR count). The number of hydrogen-bond donors (Lipinski definition) is 1. The van der Waals surface area contributed by atoms with E-state index in [2.05, 4.69) is 58.9 Å². The van der Waals surface area contributed by atoms with Crippen molar-refractivity contribution in [1.29, 1.82) is 0 Å². The number of pyridine rings is 1. The molecule has 0 atom stereocenters. The highest BCUT2D eigenvalue weighted by atomic mass is 16.5. The maximum Gasteiger partial charge on any atom is 0.137 e. The standard InChI is InChI=1S/C24H19N3O/c1-16-11-12-26-24(13-16)27-22-8-3-2-7-20(22)21-10-9-19(15-23(21)27)28-18-6-4-5-17(25)14-18/h2-15H,25H2,1H3. The van der Waals surface area contributed by atoms with Crippen molar-refractivity contribution in [3.8, 4) is 17.3 Å². The van der Waals surface area contributed by atoms with Crippen molar-refractivity contribution in [3.05, 3.63) is 90.6 Å². The minimum absolute atomic E-state index is 0.677. The van der Waals surface area contributed by atoms with Gasteiger partial charge in [0.15, 0.2) is 0 Å². The minimum Gasteiger partial charge on any atom is -0.457 e. The number of fused-ring (bicyclic) bond motifs is 3. The zero-order chi connectivity index (χ0) is 19.1. The summed E-state index contributed by atoms with van der Waals surface area (Å²) in [6.45, 7) is 2.08. The lowest BCUT2D eigenvalue weighted by atomic mass is 10.1. The average Bonchev–Trinajstić information content (AvgIpc) is 3.02. The highest BCUT2D eigenvalue weighted by molar-refractivity contribution is 6.09. The monoisotopic (exact) mass is 365 g/mol. The van der Waals surface area contributed by atoms with Crippen LogP contribution < -0.4 is 10.5 Å². The molecule has 0 aliphatic rings. The Morgan fingerprint density at radius 1 is 0.786 bits per heavy atom. The van der Waals surface area contributed by atoms with E-state index >= 15 is 0 Å².